The molecular weight excluding hydrogens is 214 g/mol. The first kappa shape index (κ1) is 13.6. The Morgan fingerprint density at radius 2 is 2.00 bits per heavy atom. The Hall–Kier alpha value is -1.50. The molecule has 0 atom stereocenters. The maximum absolute atomic E-state index is 5.46. The maximum atomic E-state index is 5.46. The van der Waals surface area contributed by atoms with Crippen molar-refractivity contribution in [1.29, 1.82) is 0 Å². The van der Waals surface area contributed by atoms with E-state index in [9.17, 15) is 0 Å². The molecule has 0 unspecified atom stereocenters. The van der Waals surface area contributed by atoms with E-state index < -0.39 is 0 Å². The van der Waals surface area contributed by atoms with Crippen LogP contribution in [0, 0.1) is 12.3 Å². The summed E-state index contributed by atoms with van der Waals surface area (Å²) in [6.07, 6.45) is 5.79. The molecule has 1 N–H and O–H groups in total. The summed E-state index contributed by atoms with van der Waals surface area (Å²) in [6, 6.07) is 8.02. The summed E-state index contributed by atoms with van der Waals surface area (Å²) in [5, 5.41) is 3.28. The van der Waals surface area contributed by atoms with Gasteiger partial charge in [0.2, 0.25) is 0 Å². The number of hydrogen-bond acceptors (Lipinski definition) is 3. The summed E-state index contributed by atoms with van der Waals surface area (Å²) in [5.41, 5.74) is 1.23. The van der Waals surface area contributed by atoms with Crippen LogP contribution in [0.25, 0.3) is 0 Å². The van der Waals surface area contributed by atoms with Gasteiger partial charge in [0.05, 0.1) is 13.2 Å². The molecule has 1 aromatic rings. The number of rotatable bonds is 8. The molecule has 0 aromatic heterocycles. The molecule has 17 heavy (non-hydrogen) atoms. The molecular formula is C14H19NO2. The van der Waals surface area contributed by atoms with E-state index in [1.165, 1.54) is 5.56 Å². The van der Waals surface area contributed by atoms with E-state index in [1.807, 2.05) is 24.3 Å². The van der Waals surface area contributed by atoms with Gasteiger partial charge in [-0.2, -0.15) is 0 Å². The van der Waals surface area contributed by atoms with E-state index in [2.05, 4.69) is 11.2 Å². The van der Waals surface area contributed by atoms with Gasteiger partial charge in [0.25, 0.3) is 0 Å². The number of hydrogen-bond donors (Lipinski definition) is 1. The summed E-state index contributed by atoms with van der Waals surface area (Å²) in [5.74, 6) is 3.40. The van der Waals surface area contributed by atoms with Gasteiger partial charge in [0.1, 0.15) is 5.75 Å². The van der Waals surface area contributed by atoms with Gasteiger partial charge in [-0.25, -0.2) is 0 Å². The fourth-order valence-corrected chi connectivity index (χ4v) is 1.34. The lowest BCUT2D eigenvalue weighted by molar-refractivity contribution is 0.199. The second kappa shape index (κ2) is 8.63. The Balaban J connectivity index is 2.27. The molecule has 0 aliphatic rings. The number of nitrogens with one attached hydrogen (secondary N) is 1. The molecule has 92 valence electrons. The molecule has 1 aromatic carbocycles. The Morgan fingerprint density at radius 3 is 2.65 bits per heavy atom. The average molecular weight is 233 g/mol. The van der Waals surface area contributed by atoms with Crippen molar-refractivity contribution in [2.45, 2.75) is 13.0 Å². The van der Waals surface area contributed by atoms with Gasteiger partial charge in [-0.1, -0.05) is 12.1 Å². The minimum absolute atomic E-state index is 0.571. The number of benzene rings is 1. The summed E-state index contributed by atoms with van der Waals surface area (Å²) in [4.78, 5) is 0. The zero-order valence-corrected chi connectivity index (χ0v) is 10.2. The van der Waals surface area contributed by atoms with Crippen molar-refractivity contribution in [1.82, 2.24) is 5.32 Å². The van der Waals surface area contributed by atoms with Crippen LogP contribution in [0.1, 0.15) is 12.0 Å². The molecule has 0 heterocycles. The smallest absolute Gasteiger partial charge is 0.119 e. The molecule has 3 heteroatoms. The highest BCUT2D eigenvalue weighted by molar-refractivity contribution is 5.27. The molecule has 0 radical (unpaired) electrons. The van der Waals surface area contributed by atoms with Gasteiger partial charge < -0.3 is 14.8 Å². The number of methoxy groups -OCH3 is 1. The third-order valence-corrected chi connectivity index (χ3v) is 2.25. The molecule has 3 nitrogen and oxygen atoms in total. The van der Waals surface area contributed by atoms with Gasteiger partial charge >= 0.3 is 0 Å². The number of ether oxygens (including phenoxy) is 2. The van der Waals surface area contributed by atoms with Crippen LogP contribution in [0.4, 0.5) is 0 Å². The molecule has 0 aliphatic carbocycles. The van der Waals surface area contributed by atoms with Crippen LogP contribution in [0.15, 0.2) is 24.3 Å². The zero-order chi connectivity index (χ0) is 12.3. The van der Waals surface area contributed by atoms with Gasteiger partial charge in [0.15, 0.2) is 0 Å². The predicted octanol–water partition coefficient (Wildman–Crippen LogP) is 1.82. The monoisotopic (exact) mass is 233 g/mol. The first-order valence-electron chi connectivity index (χ1n) is 5.71. The number of terminal acetylenes is 1. The predicted molar refractivity (Wildman–Crippen MR) is 69.0 cm³/mol. The third kappa shape index (κ3) is 5.96. The third-order valence-electron chi connectivity index (χ3n) is 2.25. The minimum Gasteiger partial charge on any atom is -0.493 e. The highest BCUT2D eigenvalue weighted by atomic mass is 16.5. The fourth-order valence-electron chi connectivity index (χ4n) is 1.34. The molecule has 0 bridgehead atoms. The van der Waals surface area contributed by atoms with Crippen molar-refractivity contribution >= 4 is 0 Å². The van der Waals surface area contributed by atoms with Gasteiger partial charge in [-0.3, -0.25) is 0 Å². The lowest BCUT2D eigenvalue weighted by atomic mass is 10.2. The summed E-state index contributed by atoms with van der Waals surface area (Å²) < 4.78 is 10.4. The van der Waals surface area contributed by atoms with Crippen LogP contribution in [0.2, 0.25) is 0 Å². The summed E-state index contributed by atoms with van der Waals surface area (Å²) >= 11 is 0. The second-order valence-corrected chi connectivity index (χ2v) is 3.62. The van der Waals surface area contributed by atoms with E-state index in [0.29, 0.717) is 13.0 Å². The van der Waals surface area contributed by atoms with Crippen LogP contribution in [-0.2, 0) is 11.3 Å². The summed E-state index contributed by atoms with van der Waals surface area (Å²) in [7, 11) is 1.70. The topological polar surface area (TPSA) is 30.5 Å². The Morgan fingerprint density at radius 1 is 1.24 bits per heavy atom. The minimum atomic E-state index is 0.571. The van der Waals surface area contributed by atoms with Crippen LogP contribution in [-0.4, -0.2) is 26.9 Å². The zero-order valence-electron chi connectivity index (χ0n) is 10.2. The van der Waals surface area contributed by atoms with Crippen molar-refractivity contribution in [2.24, 2.45) is 0 Å². The van der Waals surface area contributed by atoms with Crippen LogP contribution in [0.3, 0.4) is 0 Å². The highest BCUT2D eigenvalue weighted by Gasteiger charge is 1.95. The van der Waals surface area contributed by atoms with Crippen molar-refractivity contribution in [3.05, 3.63) is 29.8 Å². The van der Waals surface area contributed by atoms with Gasteiger partial charge in [0, 0.05) is 26.6 Å². The Bertz CT molecular complexity index is 340. The lowest BCUT2D eigenvalue weighted by Gasteiger charge is -2.06. The Labute approximate surface area is 103 Å². The van der Waals surface area contributed by atoms with E-state index in [-0.39, 0.29) is 0 Å². The first-order chi connectivity index (χ1) is 8.36. The molecule has 0 fully saturated rings. The van der Waals surface area contributed by atoms with E-state index in [0.717, 1.165) is 25.4 Å². The molecule has 0 spiro atoms. The highest BCUT2D eigenvalue weighted by Crippen LogP contribution is 2.12. The van der Waals surface area contributed by atoms with Crippen molar-refractivity contribution in [3.63, 3.8) is 0 Å². The molecule has 0 amide bonds. The summed E-state index contributed by atoms with van der Waals surface area (Å²) in [6.45, 7) is 3.00. The van der Waals surface area contributed by atoms with Crippen molar-refractivity contribution < 1.29 is 9.47 Å². The second-order valence-electron chi connectivity index (χ2n) is 3.62. The van der Waals surface area contributed by atoms with Gasteiger partial charge in [-0.05, 0) is 17.7 Å². The van der Waals surface area contributed by atoms with Gasteiger partial charge in [-0.15, -0.1) is 12.3 Å². The SMILES string of the molecule is C#CCCOc1ccc(CNCCOC)cc1. The van der Waals surface area contributed by atoms with Crippen molar-refractivity contribution in [2.75, 3.05) is 26.9 Å². The molecule has 0 saturated heterocycles. The lowest BCUT2D eigenvalue weighted by Crippen LogP contribution is -2.18. The standard InChI is InChI=1S/C14H19NO2/c1-3-4-10-17-14-7-5-13(6-8-14)12-15-9-11-16-2/h1,5-8,15H,4,9-12H2,2H3. The van der Waals surface area contributed by atoms with E-state index >= 15 is 0 Å². The molecule has 0 aliphatic heterocycles. The largest absolute Gasteiger partial charge is 0.493 e. The van der Waals surface area contributed by atoms with Crippen LogP contribution in [0.5, 0.6) is 5.75 Å². The molecule has 1 rings (SSSR count). The molecule has 0 saturated carbocycles. The first-order valence-corrected chi connectivity index (χ1v) is 5.71. The Kier molecular flexibility index (Phi) is 6.89. The fraction of sp³-hybridized carbons (Fsp3) is 0.429. The van der Waals surface area contributed by atoms with E-state index in [4.69, 9.17) is 15.9 Å². The van der Waals surface area contributed by atoms with Crippen LogP contribution < -0.4 is 10.1 Å². The van der Waals surface area contributed by atoms with Crippen LogP contribution >= 0.6 is 0 Å². The van der Waals surface area contributed by atoms with Crippen molar-refractivity contribution in [3.8, 4) is 18.1 Å². The maximum Gasteiger partial charge on any atom is 0.119 e. The normalized spacial score (nSPS) is 9.88. The van der Waals surface area contributed by atoms with E-state index in [1.54, 1.807) is 7.11 Å². The average Bonchev–Trinajstić information content (AvgIpc) is 2.37. The quantitative estimate of drug-likeness (QED) is 0.549.